The molecule has 0 amide bonds. The lowest BCUT2D eigenvalue weighted by atomic mass is 9.84. The lowest BCUT2D eigenvalue weighted by molar-refractivity contribution is 0.440. The van der Waals surface area contributed by atoms with Gasteiger partial charge in [0.25, 0.3) is 0 Å². The number of hydrogen-bond acceptors (Lipinski definition) is 2. The number of aromatic hydroxyl groups is 1. The van der Waals surface area contributed by atoms with E-state index in [1.807, 2.05) is 18.2 Å². The van der Waals surface area contributed by atoms with E-state index in [1.54, 1.807) is 6.07 Å². The maximum atomic E-state index is 10.3. The van der Waals surface area contributed by atoms with Gasteiger partial charge in [-0.25, -0.2) is 0 Å². The van der Waals surface area contributed by atoms with Crippen LogP contribution >= 0.6 is 0 Å². The van der Waals surface area contributed by atoms with Crippen LogP contribution in [0, 0.1) is 5.41 Å². The Hall–Kier alpha value is -1.54. The molecule has 2 nitrogen and oxygen atoms in total. The Labute approximate surface area is 107 Å². The molecule has 0 bridgehead atoms. The van der Waals surface area contributed by atoms with Crippen LogP contribution in [0.5, 0.6) is 5.75 Å². The SMILES string of the molecule is CC1(C)CC1(CN)c1c(O)ccc2ccccc12. The van der Waals surface area contributed by atoms with Crippen LogP contribution < -0.4 is 5.73 Å². The number of benzene rings is 2. The summed E-state index contributed by atoms with van der Waals surface area (Å²) in [4.78, 5) is 0. The summed E-state index contributed by atoms with van der Waals surface area (Å²) in [6, 6.07) is 12.0. The van der Waals surface area contributed by atoms with Crippen molar-refractivity contribution in [2.75, 3.05) is 6.54 Å². The van der Waals surface area contributed by atoms with Crippen LogP contribution in [0.15, 0.2) is 36.4 Å². The molecular formula is C16H19NO. The molecule has 3 N–H and O–H groups in total. The van der Waals surface area contributed by atoms with Crippen molar-refractivity contribution in [1.82, 2.24) is 0 Å². The van der Waals surface area contributed by atoms with Crippen LogP contribution in [-0.4, -0.2) is 11.7 Å². The van der Waals surface area contributed by atoms with Crippen molar-refractivity contribution in [3.8, 4) is 5.75 Å². The lowest BCUT2D eigenvalue weighted by Crippen LogP contribution is -2.25. The highest BCUT2D eigenvalue weighted by Gasteiger charge is 2.62. The Balaban J connectivity index is 2.32. The third-order valence-electron chi connectivity index (χ3n) is 4.65. The lowest BCUT2D eigenvalue weighted by Gasteiger charge is -2.22. The minimum atomic E-state index is -0.0715. The normalized spacial score (nSPS) is 25.3. The molecule has 1 aliphatic carbocycles. The number of nitrogens with two attached hydrogens (primary N) is 1. The van der Waals surface area contributed by atoms with Crippen molar-refractivity contribution in [3.63, 3.8) is 0 Å². The second kappa shape index (κ2) is 3.48. The number of fused-ring (bicyclic) bond motifs is 1. The van der Waals surface area contributed by atoms with Crippen molar-refractivity contribution in [3.05, 3.63) is 42.0 Å². The first-order valence-electron chi connectivity index (χ1n) is 6.43. The van der Waals surface area contributed by atoms with Crippen LogP contribution in [0.2, 0.25) is 0 Å². The molecule has 0 spiro atoms. The van der Waals surface area contributed by atoms with Gasteiger partial charge in [-0.3, -0.25) is 0 Å². The van der Waals surface area contributed by atoms with Crippen LogP contribution in [0.1, 0.15) is 25.8 Å². The molecule has 2 aromatic carbocycles. The largest absolute Gasteiger partial charge is 0.508 e. The highest BCUT2D eigenvalue weighted by atomic mass is 16.3. The molecule has 1 fully saturated rings. The Kier molecular flexibility index (Phi) is 2.23. The van der Waals surface area contributed by atoms with E-state index in [9.17, 15) is 5.11 Å². The summed E-state index contributed by atoms with van der Waals surface area (Å²) >= 11 is 0. The third kappa shape index (κ3) is 1.33. The van der Waals surface area contributed by atoms with Gasteiger partial charge in [0, 0.05) is 17.5 Å². The summed E-state index contributed by atoms with van der Waals surface area (Å²) in [6.45, 7) is 5.03. The first kappa shape index (κ1) is 11.5. The fourth-order valence-corrected chi connectivity index (χ4v) is 3.35. The van der Waals surface area contributed by atoms with E-state index in [1.165, 1.54) is 5.39 Å². The van der Waals surface area contributed by atoms with Gasteiger partial charge in [-0.15, -0.1) is 0 Å². The van der Waals surface area contributed by atoms with Crippen LogP contribution in [0.3, 0.4) is 0 Å². The van der Waals surface area contributed by atoms with E-state index >= 15 is 0 Å². The van der Waals surface area contributed by atoms with Crippen LogP contribution in [-0.2, 0) is 5.41 Å². The molecule has 0 radical (unpaired) electrons. The third-order valence-corrected chi connectivity index (χ3v) is 4.65. The van der Waals surface area contributed by atoms with Gasteiger partial charge in [0.1, 0.15) is 5.75 Å². The number of rotatable bonds is 2. The minimum absolute atomic E-state index is 0.0715. The van der Waals surface area contributed by atoms with Gasteiger partial charge in [-0.2, -0.15) is 0 Å². The van der Waals surface area contributed by atoms with Crippen LogP contribution in [0.4, 0.5) is 0 Å². The molecule has 1 aliphatic rings. The molecule has 94 valence electrons. The molecule has 1 saturated carbocycles. The smallest absolute Gasteiger partial charge is 0.120 e. The van der Waals surface area contributed by atoms with Crippen molar-refractivity contribution >= 4 is 10.8 Å². The number of hydrogen-bond donors (Lipinski definition) is 2. The molecule has 0 heterocycles. The predicted octanol–water partition coefficient (Wildman–Crippen LogP) is 3.17. The zero-order valence-electron chi connectivity index (χ0n) is 10.9. The quantitative estimate of drug-likeness (QED) is 0.848. The summed E-state index contributed by atoms with van der Waals surface area (Å²) < 4.78 is 0. The average molecular weight is 241 g/mol. The zero-order valence-corrected chi connectivity index (χ0v) is 10.9. The monoisotopic (exact) mass is 241 g/mol. The van der Waals surface area contributed by atoms with Gasteiger partial charge in [-0.1, -0.05) is 44.2 Å². The van der Waals surface area contributed by atoms with Crippen molar-refractivity contribution < 1.29 is 5.11 Å². The molecular weight excluding hydrogens is 222 g/mol. The molecule has 0 aliphatic heterocycles. The van der Waals surface area contributed by atoms with Gasteiger partial charge in [0.2, 0.25) is 0 Å². The fourth-order valence-electron chi connectivity index (χ4n) is 3.35. The average Bonchev–Trinajstić information content (AvgIpc) is 2.92. The highest BCUT2D eigenvalue weighted by Crippen LogP contribution is 2.66. The molecule has 1 unspecified atom stereocenters. The van der Waals surface area contributed by atoms with Gasteiger partial charge in [0.15, 0.2) is 0 Å². The molecule has 2 heteroatoms. The summed E-state index contributed by atoms with van der Waals surface area (Å²) in [5, 5.41) is 12.6. The van der Waals surface area contributed by atoms with E-state index in [2.05, 4.69) is 26.0 Å². The Morgan fingerprint density at radius 1 is 1.17 bits per heavy atom. The second-order valence-electron chi connectivity index (χ2n) is 6.03. The predicted molar refractivity (Wildman–Crippen MR) is 74.7 cm³/mol. The van der Waals surface area contributed by atoms with Crippen molar-refractivity contribution in [2.24, 2.45) is 11.1 Å². The molecule has 1 atom stereocenters. The second-order valence-corrected chi connectivity index (χ2v) is 6.03. The first-order chi connectivity index (χ1) is 8.52. The Morgan fingerprint density at radius 3 is 2.44 bits per heavy atom. The molecule has 18 heavy (non-hydrogen) atoms. The summed E-state index contributed by atoms with van der Waals surface area (Å²) in [5.41, 5.74) is 7.16. The van der Waals surface area contributed by atoms with E-state index in [0.717, 1.165) is 17.4 Å². The molecule has 3 rings (SSSR count). The highest BCUT2D eigenvalue weighted by molar-refractivity contribution is 5.89. The fraction of sp³-hybridized carbons (Fsp3) is 0.375. The number of phenols is 1. The molecule has 2 aromatic rings. The number of phenolic OH excluding ortho intramolecular Hbond substituents is 1. The van der Waals surface area contributed by atoms with E-state index in [4.69, 9.17) is 5.73 Å². The van der Waals surface area contributed by atoms with Crippen LogP contribution in [0.25, 0.3) is 10.8 Å². The standard InChI is InChI=1S/C16H19NO/c1-15(2)9-16(15,10-17)14-12-6-4-3-5-11(12)7-8-13(14)18/h3-8,18H,9-10,17H2,1-2H3. The van der Waals surface area contributed by atoms with Gasteiger partial charge in [0.05, 0.1) is 0 Å². The zero-order chi connectivity index (χ0) is 13.0. The Morgan fingerprint density at radius 2 is 1.83 bits per heavy atom. The van der Waals surface area contributed by atoms with Gasteiger partial charge >= 0.3 is 0 Å². The molecule has 0 saturated heterocycles. The van der Waals surface area contributed by atoms with E-state index < -0.39 is 0 Å². The van der Waals surface area contributed by atoms with Crippen molar-refractivity contribution in [1.29, 1.82) is 0 Å². The summed E-state index contributed by atoms with van der Waals surface area (Å²) in [5.74, 6) is 0.379. The summed E-state index contributed by atoms with van der Waals surface area (Å²) in [7, 11) is 0. The van der Waals surface area contributed by atoms with Gasteiger partial charge < -0.3 is 10.8 Å². The molecule has 0 aromatic heterocycles. The minimum Gasteiger partial charge on any atom is -0.508 e. The van der Waals surface area contributed by atoms with E-state index in [0.29, 0.717) is 12.3 Å². The first-order valence-corrected chi connectivity index (χ1v) is 6.43. The topological polar surface area (TPSA) is 46.2 Å². The van der Waals surface area contributed by atoms with Crippen molar-refractivity contribution in [2.45, 2.75) is 25.7 Å². The maximum Gasteiger partial charge on any atom is 0.120 e. The maximum absolute atomic E-state index is 10.3. The summed E-state index contributed by atoms with van der Waals surface area (Å²) in [6.07, 6.45) is 1.04. The Bertz CT molecular complexity index is 618. The van der Waals surface area contributed by atoms with E-state index in [-0.39, 0.29) is 10.8 Å². The van der Waals surface area contributed by atoms with Gasteiger partial charge in [-0.05, 0) is 28.7 Å².